The van der Waals surface area contributed by atoms with Crippen LogP contribution in [0.4, 0.5) is 0 Å². The van der Waals surface area contributed by atoms with Crippen LogP contribution in [0.15, 0.2) is 23.5 Å². The number of allylic oxidation sites excluding steroid dienone is 4. The number of esters is 1. The fraction of sp³-hybridized carbons (Fsp3) is 0.760. The molecule has 0 saturated heterocycles. The molecule has 5 heteroatoms. The molecular formula is C25H36O5. The maximum Gasteiger partial charge on any atom is 0.306 e. The van der Waals surface area contributed by atoms with Crippen LogP contribution in [0.1, 0.15) is 72.1 Å². The van der Waals surface area contributed by atoms with Crippen LogP contribution in [0.5, 0.6) is 0 Å². The molecule has 2 saturated carbocycles. The van der Waals surface area contributed by atoms with Crippen molar-refractivity contribution in [2.24, 2.45) is 28.6 Å². The maximum absolute atomic E-state index is 13.0. The Morgan fingerprint density at radius 3 is 2.57 bits per heavy atom. The zero-order valence-corrected chi connectivity index (χ0v) is 18.8. The van der Waals surface area contributed by atoms with E-state index in [1.807, 2.05) is 0 Å². The van der Waals surface area contributed by atoms with Crippen LogP contribution in [-0.2, 0) is 19.1 Å². The average Bonchev–Trinajstić information content (AvgIpc) is 3.05. The molecule has 0 aromatic heterocycles. The minimum atomic E-state index is -1.18. The van der Waals surface area contributed by atoms with Crippen LogP contribution < -0.4 is 0 Å². The maximum atomic E-state index is 13.0. The van der Waals surface area contributed by atoms with E-state index in [4.69, 9.17) is 9.47 Å². The molecule has 1 N–H and O–H groups in total. The van der Waals surface area contributed by atoms with E-state index in [1.165, 1.54) is 5.57 Å². The largest absolute Gasteiger partial charge is 0.501 e. The minimum absolute atomic E-state index is 0.138. The number of hydrogen-bond acceptors (Lipinski definition) is 5. The lowest BCUT2D eigenvalue weighted by molar-refractivity contribution is -0.190. The van der Waals surface area contributed by atoms with E-state index in [0.29, 0.717) is 24.2 Å². The molecule has 0 bridgehead atoms. The van der Waals surface area contributed by atoms with Gasteiger partial charge in [-0.2, -0.15) is 0 Å². The molecule has 2 fully saturated rings. The monoisotopic (exact) mass is 416 g/mol. The van der Waals surface area contributed by atoms with E-state index in [1.54, 1.807) is 14.0 Å². The van der Waals surface area contributed by atoms with Crippen molar-refractivity contribution in [1.29, 1.82) is 0 Å². The summed E-state index contributed by atoms with van der Waals surface area (Å²) in [5, 5.41) is 9.76. The zero-order valence-electron chi connectivity index (χ0n) is 18.8. The first-order valence-electron chi connectivity index (χ1n) is 11.6. The summed E-state index contributed by atoms with van der Waals surface area (Å²) >= 11 is 0. The number of carbonyl (C=O) groups is 2. The molecule has 4 rings (SSSR count). The molecule has 0 amide bonds. The molecule has 0 aromatic rings. The van der Waals surface area contributed by atoms with Gasteiger partial charge in [-0.05, 0) is 73.3 Å². The molecule has 0 radical (unpaired) electrons. The molecule has 0 spiro atoms. The number of ketones is 1. The fourth-order valence-corrected chi connectivity index (χ4v) is 7.54. The van der Waals surface area contributed by atoms with E-state index < -0.39 is 17.6 Å². The summed E-state index contributed by atoms with van der Waals surface area (Å²) in [7, 11) is 1.75. The summed E-state index contributed by atoms with van der Waals surface area (Å²) in [6, 6.07) is 0. The van der Waals surface area contributed by atoms with Crippen molar-refractivity contribution >= 4 is 11.8 Å². The van der Waals surface area contributed by atoms with Crippen LogP contribution >= 0.6 is 0 Å². The molecule has 0 unspecified atom stereocenters. The van der Waals surface area contributed by atoms with Crippen molar-refractivity contribution in [2.75, 3.05) is 13.7 Å². The van der Waals surface area contributed by atoms with Crippen LogP contribution in [0, 0.1) is 28.6 Å². The molecule has 166 valence electrons. The number of fused-ring (bicyclic) bond motifs is 5. The molecule has 4 aliphatic carbocycles. The second-order valence-electron chi connectivity index (χ2n) is 10.2. The van der Waals surface area contributed by atoms with Crippen molar-refractivity contribution in [3.8, 4) is 0 Å². The number of hydrogen-bond donors (Lipinski definition) is 1. The third kappa shape index (κ3) is 2.84. The van der Waals surface area contributed by atoms with E-state index in [2.05, 4.69) is 26.0 Å². The van der Waals surface area contributed by atoms with Gasteiger partial charge in [0.1, 0.15) is 6.61 Å². The van der Waals surface area contributed by atoms with Crippen molar-refractivity contribution in [3.05, 3.63) is 23.5 Å². The number of rotatable bonds is 5. The van der Waals surface area contributed by atoms with E-state index in [-0.39, 0.29) is 23.6 Å². The van der Waals surface area contributed by atoms with Crippen molar-refractivity contribution in [3.63, 3.8) is 0 Å². The van der Waals surface area contributed by atoms with Gasteiger partial charge >= 0.3 is 5.97 Å². The quantitative estimate of drug-likeness (QED) is 0.675. The van der Waals surface area contributed by atoms with Crippen LogP contribution in [0.25, 0.3) is 0 Å². The Hall–Kier alpha value is -1.62. The van der Waals surface area contributed by atoms with Crippen LogP contribution in [-0.4, -0.2) is 36.2 Å². The Balaban J connectivity index is 1.70. The minimum Gasteiger partial charge on any atom is -0.501 e. The third-order valence-corrected chi connectivity index (χ3v) is 9.28. The van der Waals surface area contributed by atoms with Gasteiger partial charge in [0.25, 0.3) is 0 Å². The summed E-state index contributed by atoms with van der Waals surface area (Å²) in [6.07, 6.45) is 11.2. The van der Waals surface area contributed by atoms with Crippen LogP contribution in [0.2, 0.25) is 0 Å². The number of aliphatic hydroxyl groups is 1. The molecule has 0 aromatic carbocycles. The van der Waals surface area contributed by atoms with E-state index >= 15 is 0 Å². The van der Waals surface area contributed by atoms with Gasteiger partial charge in [-0.3, -0.25) is 9.59 Å². The predicted molar refractivity (Wildman–Crippen MR) is 113 cm³/mol. The smallest absolute Gasteiger partial charge is 0.306 e. The highest BCUT2D eigenvalue weighted by Gasteiger charge is 2.68. The third-order valence-electron chi connectivity index (χ3n) is 9.28. The Labute approximate surface area is 179 Å². The molecular weight excluding hydrogens is 380 g/mol. The second-order valence-corrected chi connectivity index (χ2v) is 10.2. The molecule has 5 nitrogen and oxygen atoms in total. The van der Waals surface area contributed by atoms with Crippen molar-refractivity contribution < 1.29 is 24.2 Å². The van der Waals surface area contributed by atoms with Gasteiger partial charge in [0.2, 0.25) is 5.78 Å². The lowest BCUT2D eigenvalue weighted by atomic mass is 9.47. The number of ether oxygens (including phenoxy) is 2. The Bertz CT molecular complexity index is 797. The van der Waals surface area contributed by atoms with Gasteiger partial charge in [-0.1, -0.05) is 26.8 Å². The molecule has 0 heterocycles. The Kier molecular flexibility index (Phi) is 5.41. The molecule has 4 aliphatic rings. The summed E-state index contributed by atoms with van der Waals surface area (Å²) < 4.78 is 11.5. The molecule has 30 heavy (non-hydrogen) atoms. The second kappa shape index (κ2) is 7.51. The topological polar surface area (TPSA) is 72.8 Å². The first-order chi connectivity index (χ1) is 14.3. The van der Waals surface area contributed by atoms with Crippen LogP contribution in [0.3, 0.4) is 0 Å². The van der Waals surface area contributed by atoms with Gasteiger partial charge < -0.3 is 14.6 Å². The van der Waals surface area contributed by atoms with Gasteiger partial charge in [0.15, 0.2) is 5.60 Å². The van der Waals surface area contributed by atoms with Crippen molar-refractivity contribution in [2.45, 2.75) is 77.7 Å². The molecule has 0 aliphatic heterocycles. The Morgan fingerprint density at radius 1 is 1.17 bits per heavy atom. The highest BCUT2D eigenvalue weighted by Crippen LogP contribution is 2.67. The average molecular weight is 417 g/mol. The SMILES string of the molecule is CCC(=O)O[C@]1(C(=O)CO)CC[C@H]2[C@@H]3CC=C4C=C(OC)CC[C@]4(C)[C@H]3CC[C@@]21C. The fourth-order valence-electron chi connectivity index (χ4n) is 7.54. The number of carbonyl (C=O) groups excluding carboxylic acids is 2. The van der Waals surface area contributed by atoms with E-state index in [9.17, 15) is 14.7 Å². The summed E-state index contributed by atoms with van der Waals surface area (Å²) in [6.45, 7) is 5.73. The lowest BCUT2D eigenvalue weighted by Crippen LogP contribution is -2.59. The van der Waals surface area contributed by atoms with Crippen molar-refractivity contribution in [1.82, 2.24) is 0 Å². The van der Waals surface area contributed by atoms with E-state index in [0.717, 1.165) is 44.3 Å². The summed E-state index contributed by atoms with van der Waals surface area (Å²) in [5.74, 6) is 1.76. The Morgan fingerprint density at radius 2 is 1.90 bits per heavy atom. The highest BCUT2D eigenvalue weighted by molar-refractivity contribution is 5.92. The lowest BCUT2D eigenvalue weighted by Gasteiger charge is -2.58. The van der Waals surface area contributed by atoms with Gasteiger partial charge in [-0.25, -0.2) is 0 Å². The summed E-state index contributed by atoms with van der Waals surface area (Å²) in [4.78, 5) is 25.3. The number of methoxy groups -OCH3 is 1. The number of Topliss-reactive ketones (excluding diaryl/α,β-unsaturated/α-hetero) is 1. The standard InChI is InChI=1S/C25H36O5/c1-5-22(28)30-25(21(27)15-26)13-10-20-18-7-6-16-14-17(29-4)8-11-23(16,2)19(18)9-12-24(20,25)3/h6,14,18-20,26H,5,7-13,15H2,1-4H3/t18-,19+,20+,23+,24+,25+/m1/s1. The number of aliphatic hydroxyl groups excluding tert-OH is 1. The van der Waals surface area contributed by atoms with Gasteiger partial charge in [0.05, 0.1) is 12.9 Å². The zero-order chi connectivity index (χ0) is 21.7. The van der Waals surface area contributed by atoms with Gasteiger partial charge in [0, 0.05) is 18.3 Å². The van der Waals surface area contributed by atoms with Gasteiger partial charge in [-0.15, -0.1) is 0 Å². The first-order valence-corrected chi connectivity index (χ1v) is 11.6. The predicted octanol–water partition coefficient (Wildman–Crippen LogP) is 4.34. The molecule has 6 atom stereocenters. The first kappa shape index (κ1) is 21.6. The summed E-state index contributed by atoms with van der Waals surface area (Å²) in [5.41, 5.74) is -0.0459. The highest BCUT2D eigenvalue weighted by atomic mass is 16.6. The normalized spacial score (nSPS) is 42.2.